The van der Waals surface area contributed by atoms with Gasteiger partial charge in [0.1, 0.15) is 5.75 Å². The van der Waals surface area contributed by atoms with Crippen molar-refractivity contribution in [3.05, 3.63) is 28.8 Å². The SMILES string of the molecule is COc1cc(C)c(C(=O)CCCCl)c(C)c1. The molecule has 0 saturated heterocycles. The van der Waals surface area contributed by atoms with Gasteiger partial charge in [-0.15, -0.1) is 11.6 Å². The van der Waals surface area contributed by atoms with Crippen LogP contribution in [0.2, 0.25) is 0 Å². The number of halogens is 1. The molecule has 0 bridgehead atoms. The third-order valence-corrected chi connectivity index (χ3v) is 2.83. The summed E-state index contributed by atoms with van der Waals surface area (Å²) < 4.78 is 5.16. The van der Waals surface area contributed by atoms with Gasteiger partial charge in [0.05, 0.1) is 7.11 Å². The minimum Gasteiger partial charge on any atom is -0.497 e. The van der Waals surface area contributed by atoms with Crippen molar-refractivity contribution in [2.45, 2.75) is 26.7 Å². The second kappa shape index (κ2) is 5.90. The summed E-state index contributed by atoms with van der Waals surface area (Å²) in [6.45, 7) is 3.87. The van der Waals surface area contributed by atoms with E-state index in [1.165, 1.54) is 0 Å². The van der Waals surface area contributed by atoms with Crippen molar-refractivity contribution in [1.82, 2.24) is 0 Å². The number of benzene rings is 1. The minimum absolute atomic E-state index is 0.165. The Morgan fingerprint density at radius 1 is 1.31 bits per heavy atom. The molecule has 0 aliphatic rings. The largest absolute Gasteiger partial charge is 0.497 e. The van der Waals surface area contributed by atoms with E-state index < -0.39 is 0 Å². The van der Waals surface area contributed by atoms with Gasteiger partial charge in [-0.25, -0.2) is 0 Å². The van der Waals surface area contributed by atoms with Crippen LogP contribution >= 0.6 is 11.6 Å². The van der Waals surface area contributed by atoms with Crippen LogP contribution in [0.3, 0.4) is 0 Å². The van der Waals surface area contributed by atoms with Crippen molar-refractivity contribution in [2.24, 2.45) is 0 Å². The third-order valence-electron chi connectivity index (χ3n) is 2.56. The zero-order chi connectivity index (χ0) is 12.1. The summed E-state index contributed by atoms with van der Waals surface area (Å²) in [5.41, 5.74) is 2.75. The molecule has 16 heavy (non-hydrogen) atoms. The molecule has 0 unspecified atom stereocenters. The van der Waals surface area contributed by atoms with Gasteiger partial charge in [0.2, 0.25) is 0 Å². The standard InChI is InChI=1S/C13H17ClO2/c1-9-7-11(16-3)8-10(2)13(9)12(15)5-4-6-14/h7-8H,4-6H2,1-3H3. The summed E-state index contributed by atoms with van der Waals surface area (Å²) in [6, 6.07) is 3.78. The molecule has 2 nitrogen and oxygen atoms in total. The number of methoxy groups -OCH3 is 1. The second-order valence-corrected chi connectivity index (χ2v) is 4.23. The number of alkyl halides is 1. The van der Waals surface area contributed by atoms with E-state index in [1.807, 2.05) is 26.0 Å². The smallest absolute Gasteiger partial charge is 0.163 e. The maximum absolute atomic E-state index is 11.9. The molecule has 0 aliphatic heterocycles. The van der Waals surface area contributed by atoms with Crippen molar-refractivity contribution < 1.29 is 9.53 Å². The van der Waals surface area contributed by atoms with Crippen molar-refractivity contribution in [1.29, 1.82) is 0 Å². The average molecular weight is 241 g/mol. The van der Waals surface area contributed by atoms with Gasteiger partial charge in [-0.3, -0.25) is 4.79 Å². The molecule has 1 aromatic carbocycles. The number of carbonyl (C=O) groups is 1. The van der Waals surface area contributed by atoms with Gasteiger partial charge in [0, 0.05) is 17.9 Å². The zero-order valence-electron chi connectivity index (χ0n) is 9.97. The minimum atomic E-state index is 0.165. The van der Waals surface area contributed by atoms with Crippen LogP contribution in [0.5, 0.6) is 5.75 Å². The Balaban J connectivity index is 3.00. The van der Waals surface area contributed by atoms with Crippen molar-refractivity contribution >= 4 is 17.4 Å². The molecule has 1 rings (SSSR count). The van der Waals surface area contributed by atoms with Crippen LogP contribution in [0.4, 0.5) is 0 Å². The van der Waals surface area contributed by atoms with Crippen LogP contribution in [0, 0.1) is 13.8 Å². The van der Waals surface area contributed by atoms with Crippen molar-refractivity contribution in [3.8, 4) is 5.75 Å². The van der Waals surface area contributed by atoms with Gasteiger partial charge in [-0.1, -0.05) is 0 Å². The Labute approximate surface area is 102 Å². The third kappa shape index (κ3) is 2.99. The fourth-order valence-corrected chi connectivity index (χ4v) is 1.97. The molecule has 0 amide bonds. The predicted molar refractivity (Wildman–Crippen MR) is 66.8 cm³/mol. The summed E-state index contributed by atoms with van der Waals surface area (Å²) in [6.07, 6.45) is 1.24. The highest BCUT2D eigenvalue weighted by atomic mass is 35.5. The molecular weight excluding hydrogens is 224 g/mol. The Bertz CT molecular complexity index is 363. The van der Waals surface area contributed by atoms with Gasteiger partial charge in [-0.05, 0) is 43.5 Å². The molecule has 0 aliphatic carbocycles. The van der Waals surface area contributed by atoms with E-state index in [-0.39, 0.29) is 5.78 Å². The van der Waals surface area contributed by atoms with Gasteiger partial charge < -0.3 is 4.74 Å². The van der Waals surface area contributed by atoms with E-state index in [0.29, 0.717) is 12.3 Å². The topological polar surface area (TPSA) is 26.3 Å². The highest BCUT2D eigenvalue weighted by molar-refractivity contribution is 6.18. The lowest BCUT2D eigenvalue weighted by Crippen LogP contribution is -2.05. The first-order chi connectivity index (χ1) is 7.60. The second-order valence-electron chi connectivity index (χ2n) is 3.85. The maximum Gasteiger partial charge on any atom is 0.163 e. The van der Waals surface area contributed by atoms with Crippen LogP contribution in [0.15, 0.2) is 12.1 Å². The first-order valence-electron chi connectivity index (χ1n) is 5.34. The van der Waals surface area contributed by atoms with Gasteiger partial charge in [0.25, 0.3) is 0 Å². The fourth-order valence-electron chi connectivity index (χ4n) is 1.83. The summed E-state index contributed by atoms with van der Waals surface area (Å²) >= 11 is 5.59. The summed E-state index contributed by atoms with van der Waals surface area (Å²) in [7, 11) is 1.63. The lowest BCUT2D eigenvalue weighted by molar-refractivity contribution is 0.0980. The molecular formula is C13H17ClO2. The summed E-state index contributed by atoms with van der Waals surface area (Å²) in [5, 5.41) is 0. The van der Waals surface area contributed by atoms with Gasteiger partial charge in [-0.2, -0.15) is 0 Å². The number of aryl methyl sites for hydroxylation is 2. The Kier molecular flexibility index (Phi) is 4.81. The van der Waals surface area contributed by atoms with E-state index in [0.717, 1.165) is 28.9 Å². The van der Waals surface area contributed by atoms with Gasteiger partial charge in [0.15, 0.2) is 5.78 Å². The number of ketones is 1. The fraction of sp³-hybridized carbons (Fsp3) is 0.462. The molecule has 0 spiro atoms. The van der Waals surface area contributed by atoms with Crippen LogP contribution in [0.25, 0.3) is 0 Å². The quantitative estimate of drug-likeness (QED) is 0.582. The number of rotatable bonds is 5. The van der Waals surface area contributed by atoms with Crippen LogP contribution in [0.1, 0.15) is 34.3 Å². The average Bonchev–Trinajstić information content (AvgIpc) is 2.25. The first kappa shape index (κ1) is 13.0. The van der Waals surface area contributed by atoms with Crippen LogP contribution < -0.4 is 4.74 Å². The molecule has 0 atom stereocenters. The molecule has 0 N–H and O–H groups in total. The lowest BCUT2D eigenvalue weighted by atomic mass is 9.96. The maximum atomic E-state index is 11.9. The number of ether oxygens (including phenoxy) is 1. The number of hydrogen-bond donors (Lipinski definition) is 0. The molecule has 0 aromatic heterocycles. The Morgan fingerprint density at radius 2 is 1.88 bits per heavy atom. The lowest BCUT2D eigenvalue weighted by Gasteiger charge is -2.10. The summed E-state index contributed by atoms with van der Waals surface area (Å²) in [4.78, 5) is 11.9. The van der Waals surface area contributed by atoms with Crippen LogP contribution in [-0.2, 0) is 0 Å². The summed E-state index contributed by atoms with van der Waals surface area (Å²) in [5.74, 6) is 1.49. The van der Waals surface area contributed by atoms with Crippen molar-refractivity contribution in [3.63, 3.8) is 0 Å². The monoisotopic (exact) mass is 240 g/mol. The predicted octanol–water partition coefficient (Wildman–Crippen LogP) is 3.51. The Morgan fingerprint density at radius 3 is 2.31 bits per heavy atom. The molecule has 0 radical (unpaired) electrons. The van der Waals surface area contributed by atoms with E-state index >= 15 is 0 Å². The highest BCUT2D eigenvalue weighted by Crippen LogP contribution is 2.23. The van der Waals surface area contributed by atoms with E-state index in [4.69, 9.17) is 16.3 Å². The molecule has 3 heteroatoms. The molecule has 88 valence electrons. The number of hydrogen-bond acceptors (Lipinski definition) is 2. The molecule has 0 fully saturated rings. The van der Waals surface area contributed by atoms with E-state index in [9.17, 15) is 4.79 Å². The molecule has 0 saturated carbocycles. The van der Waals surface area contributed by atoms with Crippen molar-refractivity contribution in [2.75, 3.05) is 13.0 Å². The van der Waals surface area contributed by atoms with Gasteiger partial charge >= 0.3 is 0 Å². The normalized spacial score (nSPS) is 10.2. The first-order valence-corrected chi connectivity index (χ1v) is 5.88. The van der Waals surface area contributed by atoms with E-state index in [1.54, 1.807) is 7.11 Å². The Hall–Kier alpha value is -1.02. The number of Topliss-reactive ketones (excluding diaryl/α,β-unsaturated/α-hetero) is 1. The van der Waals surface area contributed by atoms with Crippen LogP contribution in [-0.4, -0.2) is 18.8 Å². The number of carbonyl (C=O) groups excluding carboxylic acids is 1. The molecule has 1 aromatic rings. The van der Waals surface area contributed by atoms with E-state index in [2.05, 4.69) is 0 Å². The highest BCUT2D eigenvalue weighted by Gasteiger charge is 2.13. The zero-order valence-corrected chi connectivity index (χ0v) is 10.7. The molecule has 0 heterocycles.